The quantitative estimate of drug-likeness (QED) is 0.802. The number of rotatable bonds is 6. The van der Waals surface area contributed by atoms with E-state index in [2.05, 4.69) is 46.3 Å². The van der Waals surface area contributed by atoms with Gasteiger partial charge >= 0.3 is 6.03 Å². The lowest BCUT2D eigenvalue weighted by atomic mass is 10.0. The fraction of sp³-hybridized carbons (Fsp3) is 0.667. The lowest BCUT2D eigenvalue weighted by molar-refractivity contribution is 0.0633. The van der Waals surface area contributed by atoms with Crippen molar-refractivity contribution in [1.29, 1.82) is 0 Å². The van der Waals surface area contributed by atoms with Crippen LogP contribution in [0.25, 0.3) is 0 Å². The highest BCUT2D eigenvalue weighted by Crippen LogP contribution is 2.15. The van der Waals surface area contributed by atoms with Crippen LogP contribution >= 0.6 is 0 Å². The molecule has 0 spiro atoms. The van der Waals surface area contributed by atoms with E-state index in [1.807, 2.05) is 31.1 Å². The van der Waals surface area contributed by atoms with Crippen LogP contribution in [0.3, 0.4) is 0 Å². The van der Waals surface area contributed by atoms with E-state index in [-0.39, 0.29) is 11.6 Å². The highest BCUT2D eigenvalue weighted by atomic mass is 16.2. The van der Waals surface area contributed by atoms with Crippen molar-refractivity contribution >= 4 is 11.8 Å². The van der Waals surface area contributed by atoms with Crippen LogP contribution < -0.4 is 15.5 Å². The number of hydrogen-bond donors (Lipinski definition) is 2. The molecule has 1 saturated heterocycles. The molecule has 140 valence electrons. The first-order chi connectivity index (χ1) is 11.8. The van der Waals surface area contributed by atoms with Gasteiger partial charge < -0.3 is 20.4 Å². The number of carbonyl (C=O) groups excluding carboxylic acids is 1. The summed E-state index contributed by atoms with van der Waals surface area (Å²) < 4.78 is 0. The molecule has 0 bridgehead atoms. The van der Waals surface area contributed by atoms with Crippen molar-refractivity contribution in [2.45, 2.75) is 25.9 Å². The molecule has 2 N–H and O–H groups in total. The number of carbonyl (C=O) groups is 1. The van der Waals surface area contributed by atoms with Crippen LogP contribution in [0.15, 0.2) is 18.3 Å². The lowest BCUT2D eigenvalue weighted by Crippen LogP contribution is -2.58. The third-order valence-corrected chi connectivity index (χ3v) is 4.76. The molecule has 7 nitrogen and oxygen atoms in total. The summed E-state index contributed by atoms with van der Waals surface area (Å²) in [4.78, 5) is 23.2. The summed E-state index contributed by atoms with van der Waals surface area (Å²) in [6, 6.07) is 3.79. The number of urea groups is 1. The van der Waals surface area contributed by atoms with Crippen molar-refractivity contribution in [2.75, 3.05) is 58.8 Å². The van der Waals surface area contributed by atoms with Gasteiger partial charge in [0.15, 0.2) is 0 Å². The van der Waals surface area contributed by atoms with Gasteiger partial charge in [-0.2, -0.15) is 0 Å². The zero-order valence-electron chi connectivity index (χ0n) is 16.2. The highest BCUT2D eigenvalue weighted by molar-refractivity contribution is 5.73. The Hall–Kier alpha value is -1.86. The van der Waals surface area contributed by atoms with E-state index in [0.717, 1.165) is 37.6 Å². The molecule has 1 aromatic heterocycles. The van der Waals surface area contributed by atoms with Crippen molar-refractivity contribution in [3.05, 3.63) is 23.9 Å². The maximum absolute atomic E-state index is 12.1. The SMILES string of the molecule is CN1CCN(C(C)(C)CNC(=O)NCc2ccc(N(C)C)nc2)CC1. The zero-order chi connectivity index (χ0) is 18.4. The standard InChI is InChI=1S/C18H32N6O/c1-18(2,24-10-8-23(5)9-11-24)14-21-17(25)20-13-15-6-7-16(19-12-15)22(3)4/h6-7,12H,8-11,13-14H2,1-5H3,(H2,20,21,25). The minimum absolute atomic E-state index is 0.0481. The van der Waals surface area contributed by atoms with E-state index >= 15 is 0 Å². The van der Waals surface area contributed by atoms with Gasteiger partial charge in [-0.05, 0) is 32.5 Å². The van der Waals surface area contributed by atoms with Gasteiger partial charge in [0, 0.05) is 65.1 Å². The Kier molecular flexibility index (Phi) is 6.61. The molecule has 1 aliphatic rings. The molecule has 0 radical (unpaired) electrons. The second-order valence-corrected chi connectivity index (χ2v) is 7.56. The molecule has 0 unspecified atom stereocenters. The summed E-state index contributed by atoms with van der Waals surface area (Å²) in [7, 11) is 6.06. The van der Waals surface area contributed by atoms with Gasteiger partial charge in [-0.15, -0.1) is 0 Å². The number of anilines is 1. The average molecular weight is 348 g/mol. The fourth-order valence-electron chi connectivity index (χ4n) is 2.85. The summed E-state index contributed by atoms with van der Waals surface area (Å²) in [5, 5.41) is 5.90. The Morgan fingerprint density at radius 1 is 1.20 bits per heavy atom. The Bertz CT molecular complexity index is 549. The molecule has 0 aliphatic carbocycles. The average Bonchev–Trinajstić information content (AvgIpc) is 2.59. The van der Waals surface area contributed by atoms with Gasteiger partial charge in [0.2, 0.25) is 0 Å². The van der Waals surface area contributed by atoms with Crippen LogP contribution in [0, 0.1) is 0 Å². The van der Waals surface area contributed by atoms with Crippen LogP contribution in [0.1, 0.15) is 19.4 Å². The smallest absolute Gasteiger partial charge is 0.315 e. The second-order valence-electron chi connectivity index (χ2n) is 7.56. The Morgan fingerprint density at radius 2 is 1.88 bits per heavy atom. The second kappa shape index (κ2) is 8.49. The van der Waals surface area contributed by atoms with E-state index in [4.69, 9.17) is 0 Å². The normalized spacial score (nSPS) is 16.5. The maximum atomic E-state index is 12.1. The van der Waals surface area contributed by atoms with Crippen LogP contribution in [-0.4, -0.2) is 80.2 Å². The third kappa shape index (κ3) is 5.86. The number of likely N-dealkylation sites (N-methyl/N-ethyl adjacent to an activating group) is 1. The Labute approximate surface area is 151 Å². The van der Waals surface area contributed by atoms with Crippen LogP contribution in [0.5, 0.6) is 0 Å². The number of piperazine rings is 1. The molecule has 1 aromatic rings. The first kappa shape index (κ1) is 19.5. The van der Waals surface area contributed by atoms with Crippen LogP contribution in [0.2, 0.25) is 0 Å². The van der Waals surface area contributed by atoms with Gasteiger partial charge in [-0.3, -0.25) is 4.90 Å². The first-order valence-corrected chi connectivity index (χ1v) is 8.85. The van der Waals surface area contributed by atoms with E-state index in [9.17, 15) is 4.79 Å². The monoisotopic (exact) mass is 348 g/mol. The summed E-state index contributed by atoms with van der Waals surface area (Å²) in [5.74, 6) is 0.905. The fourth-order valence-corrected chi connectivity index (χ4v) is 2.85. The summed E-state index contributed by atoms with van der Waals surface area (Å²) in [6.07, 6.45) is 1.80. The molecule has 25 heavy (non-hydrogen) atoms. The van der Waals surface area contributed by atoms with E-state index < -0.39 is 0 Å². The number of nitrogens with zero attached hydrogens (tertiary/aromatic N) is 4. The van der Waals surface area contributed by atoms with Crippen molar-refractivity contribution in [3.8, 4) is 0 Å². The number of pyridine rings is 1. The van der Waals surface area contributed by atoms with E-state index in [1.165, 1.54) is 0 Å². The lowest BCUT2D eigenvalue weighted by Gasteiger charge is -2.43. The Morgan fingerprint density at radius 3 is 2.44 bits per heavy atom. The van der Waals surface area contributed by atoms with Gasteiger partial charge in [0.25, 0.3) is 0 Å². The summed E-state index contributed by atoms with van der Waals surface area (Å²) >= 11 is 0. The molecular weight excluding hydrogens is 316 g/mol. The molecule has 2 amide bonds. The molecule has 0 aromatic carbocycles. The molecule has 2 heterocycles. The van der Waals surface area contributed by atoms with E-state index in [0.29, 0.717) is 13.1 Å². The van der Waals surface area contributed by atoms with Crippen molar-refractivity contribution in [1.82, 2.24) is 25.4 Å². The summed E-state index contributed by atoms with van der Waals surface area (Å²) in [5.41, 5.74) is 0.937. The van der Waals surface area contributed by atoms with Crippen molar-refractivity contribution < 1.29 is 4.79 Å². The van der Waals surface area contributed by atoms with Crippen LogP contribution in [-0.2, 0) is 6.54 Å². The largest absolute Gasteiger partial charge is 0.363 e. The van der Waals surface area contributed by atoms with Crippen molar-refractivity contribution in [2.24, 2.45) is 0 Å². The van der Waals surface area contributed by atoms with Gasteiger partial charge in [0.1, 0.15) is 5.82 Å². The van der Waals surface area contributed by atoms with E-state index in [1.54, 1.807) is 6.20 Å². The Balaban J connectivity index is 1.74. The minimum Gasteiger partial charge on any atom is -0.363 e. The minimum atomic E-state index is -0.140. The first-order valence-electron chi connectivity index (χ1n) is 8.85. The number of hydrogen-bond acceptors (Lipinski definition) is 5. The van der Waals surface area contributed by atoms with Gasteiger partial charge in [-0.25, -0.2) is 9.78 Å². The summed E-state index contributed by atoms with van der Waals surface area (Å²) in [6.45, 7) is 9.69. The third-order valence-electron chi connectivity index (χ3n) is 4.76. The molecule has 0 atom stereocenters. The molecule has 2 rings (SSSR count). The zero-order valence-corrected chi connectivity index (χ0v) is 16.2. The number of nitrogens with one attached hydrogen (secondary N) is 2. The molecule has 7 heteroatoms. The molecule has 0 saturated carbocycles. The topological polar surface area (TPSA) is 63.7 Å². The molecular formula is C18H32N6O. The van der Waals surface area contributed by atoms with Crippen molar-refractivity contribution in [3.63, 3.8) is 0 Å². The van der Waals surface area contributed by atoms with Gasteiger partial charge in [-0.1, -0.05) is 6.07 Å². The predicted molar refractivity (Wildman–Crippen MR) is 102 cm³/mol. The van der Waals surface area contributed by atoms with Crippen LogP contribution in [0.4, 0.5) is 10.6 Å². The highest BCUT2D eigenvalue weighted by Gasteiger charge is 2.29. The number of amides is 2. The molecule has 1 aliphatic heterocycles. The number of aromatic nitrogens is 1. The molecule has 1 fully saturated rings. The van der Waals surface area contributed by atoms with Gasteiger partial charge in [0.05, 0.1) is 0 Å². The predicted octanol–water partition coefficient (Wildman–Crippen LogP) is 0.973. The maximum Gasteiger partial charge on any atom is 0.315 e.